The van der Waals surface area contributed by atoms with Gasteiger partial charge in [0.05, 0.1) is 6.61 Å². The van der Waals surface area contributed by atoms with Crippen molar-refractivity contribution < 1.29 is 24.2 Å². The molecule has 2 N–H and O–H groups in total. The van der Waals surface area contributed by atoms with E-state index >= 15 is 0 Å². The van der Waals surface area contributed by atoms with E-state index in [-0.39, 0.29) is 29.9 Å². The Morgan fingerprint density at radius 1 is 0.849 bits per heavy atom. The Labute approximate surface area is 310 Å². The molecule has 3 saturated heterocycles. The van der Waals surface area contributed by atoms with Crippen molar-refractivity contribution in [2.45, 2.75) is 51.6 Å². The molecule has 3 fully saturated rings. The number of carbonyl (C=O) groups is 3. The monoisotopic (exact) mass is 710 g/mol. The Hall–Kier alpha value is -5.41. The lowest BCUT2D eigenvalue weighted by Crippen LogP contribution is -2.72. The maximum Gasteiger partial charge on any atom is 0.255 e. The molecule has 272 valence electrons. The molecule has 9 nitrogen and oxygen atoms in total. The van der Waals surface area contributed by atoms with Crippen LogP contribution in [0.3, 0.4) is 0 Å². The summed E-state index contributed by atoms with van der Waals surface area (Å²) in [6.45, 7) is 8.59. The molecule has 0 bridgehead atoms. The van der Waals surface area contributed by atoms with Crippen molar-refractivity contribution in [1.82, 2.24) is 15.1 Å². The Kier molecular flexibility index (Phi) is 9.51. The highest BCUT2D eigenvalue weighted by atomic mass is 16.5. The number of hydrogen-bond acceptors (Lipinski definition) is 7. The highest BCUT2D eigenvalue weighted by molar-refractivity contribution is 6.05. The molecule has 1 unspecified atom stereocenters. The topological polar surface area (TPSA) is 102 Å². The number of unbranched alkanes of at least 4 members (excludes halogenated alkanes) is 1. The van der Waals surface area contributed by atoms with Crippen LogP contribution in [0.15, 0.2) is 97.1 Å². The second-order valence-electron chi connectivity index (χ2n) is 15.0. The van der Waals surface area contributed by atoms with Gasteiger partial charge in [-0.05, 0) is 108 Å². The van der Waals surface area contributed by atoms with Gasteiger partial charge < -0.3 is 24.5 Å². The average molecular weight is 711 g/mol. The van der Waals surface area contributed by atoms with Crippen molar-refractivity contribution in [3.8, 4) is 11.5 Å². The van der Waals surface area contributed by atoms with Gasteiger partial charge in [-0.2, -0.15) is 0 Å². The van der Waals surface area contributed by atoms with Crippen LogP contribution >= 0.6 is 0 Å². The molecule has 4 aliphatic rings. The molecule has 0 aliphatic carbocycles. The number of aromatic hydroxyl groups is 1. The van der Waals surface area contributed by atoms with Crippen LogP contribution in [0.25, 0.3) is 11.1 Å². The zero-order valence-electron chi connectivity index (χ0n) is 30.2. The van der Waals surface area contributed by atoms with Crippen LogP contribution in [0.5, 0.6) is 11.5 Å². The first-order valence-electron chi connectivity index (χ1n) is 18.9. The van der Waals surface area contributed by atoms with E-state index in [9.17, 15) is 19.5 Å². The van der Waals surface area contributed by atoms with Crippen LogP contribution in [0.4, 0.5) is 5.69 Å². The number of fused-ring (bicyclic) bond motifs is 1. The zero-order valence-corrected chi connectivity index (χ0v) is 30.2. The normalized spacial score (nSPS) is 19.7. The Bertz CT molecular complexity index is 2030. The number of anilines is 1. The van der Waals surface area contributed by atoms with Crippen molar-refractivity contribution in [1.29, 1.82) is 0 Å². The molecule has 9 heteroatoms. The van der Waals surface area contributed by atoms with E-state index in [0.29, 0.717) is 30.6 Å². The summed E-state index contributed by atoms with van der Waals surface area (Å²) in [7, 11) is 0. The molecule has 1 atom stereocenters. The molecule has 1 spiro atoms. The fourth-order valence-corrected chi connectivity index (χ4v) is 8.62. The van der Waals surface area contributed by atoms with Gasteiger partial charge in [0.1, 0.15) is 17.5 Å². The number of amides is 3. The van der Waals surface area contributed by atoms with Crippen LogP contribution in [0.2, 0.25) is 0 Å². The smallest absolute Gasteiger partial charge is 0.255 e. The molecule has 4 aliphatic heterocycles. The Morgan fingerprint density at radius 3 is 2.26 bits per heavy atom. The van der Waals surface area contributed by atoms with Gasteiger partial charge in [0.15, 0.2) is 0 Å². The number of phenolic OH excluding ortho intramolecular Hbond substituents is 1. The summed E-state index contributed by atoms with van der Waals surface area (Å²) in [5, 5.41) is 12.3. The van der Waals surface area contributed by atoms with Gasteiger partial charge in [0.2, 0.25) is 11.8 Å². The van der Waals surface area contributed by atoms with Gasteiger partial charge in [0.25, 0.3) is 5.91 Å². The van der Waals surface area contributed by atoms with Crippen LogP contribution < -0.4 is 15.0 Å². The number of imide groups is 1. The Morgan fingerprint density at radius 2 is 1.57 bits per heavy atom. The third kappa shape index (κ3) is 7.05. The van der Waals surface area contributed by atoms with Crippen LogP contribution in [-0.4, -0.2) is 78.0 Å². The molecule has 4 heterocycles. The number of piperidine rings is 1. The quantitative estimate of drug-likeness (QED) is 0.0983. The van der Waals surface area contributed by atoms with E-state index < -0.39 is 6.04 Å². The lowest BCUT2D eigenvalue weighted by molar-refractivity contribution is -0.136. The molecule has 0 aromatic heterocycles. The fourth-order valence-electron chi connectivity index (χ4n) is 8.62. The van der Waals surface area contributed by atoms with E-state index in [2.05, 4.69) is 76.6 Å². The molecule has 0 saturated carbocycles. The zero-order chi connectivity index (χ0) is 36.5. The summed E-state index contributed by atoms with van der Waals surface area (Å²) in [6, 6.07) is 31.8. The van der Waals surface area contributed by atoms with E-state index in [1.165, 1.54) is 11.1 Å². The SMILES string of the molecule is CCC(=C(c1ccc(O)cc1)c1ccc(OCCCCN2CC3(C2)CN(c2ccc4c(c2)CN(C2CCC(=O)NC2=O)C4=O)C3)cc1)c1ccccc1. The van der Waals surface area contributed by atoms with Crippen molar-refractivity contribution >= 4 is 34.6 Å². The van der Waals surface area contributed by atoms with E-state index in [4.69, 9.17) is 4.74 Å². The van der Waals surface area contributed by atoms with Gasteiger partial charge in [-0.15, -0.1) is 0 Å². The number of nitrogens with one attached hydrogen (secondary N) is 1. The lowest BCUT2D eigenvalue weighted by Gasteiger charge is -2.61. The van der Waals surface area contributed by atoms with E-state index in [1.54, 1.807) is 17.0 Å². The number of nitrogens with zero attached hydrogens (tertiary/aromatic N) is 3. The fraction of sp³-hybridized carbons (Fsp3) is 0.341. The summed E-state index contributed by atoms with van der Waals surface area (Å²) in [6.07, 6.45) is 3.60. The Balaban J connectivity index is 0.787. The number of carbonyl (C=O) groups excluding carboxylic acids is 3. The minimum atomic E-state index is -0.587. The van der Waals surface area contributed by atoms with E-state index in [1.807, 2.05) is 30.3 Å². The first-order chi connectivity index (χ1) is 25.8. The first-order valence-corrected chi connectivity index (χ1v) is 18.9. The third-order valence-corrected chi connectivity index (χ3v) is 11.3. The largest absolute Gasteiger partial charge is 0.508 e. The number of phenols is 1. The number of benzene rings is 4. The summed E-state index contributed by atoms with van der Waals surface area (Å²) in [5.41, 5.74) is 8.89. The second kappa shape index (κ2) is 14.5. The van der Waals surface area contributed by atoms with Gasteiger partial charge in [-0.25, -0.2) is 0 Å². The third-order valence-electron chi connectivity index (χ3n) is 11.3. The van der Waals surface area contributed by atoms with Gasteiger partial charge in [0, 0.05) is 55.8 Å². The predicted octanol–water partition coefficient (Wildman–Crippen LogP) is 6.50. The maximum absolute atomic E-state index is 13.1. The highest BCUT2D eigenvalue weighted by Crippen LogP contribution is 2.43. The first kappa shape index (κ1) is 34.7. The average Bonchev–Trinajstić information content (AvgIpc) is 3.46. The van der Waals surface area contributed by atoms with Crippen LogP contribution in [0, 0.1) is 5.41 Å². The highest BCUT2D eigenvalue weighted by Gasteiger charge is 2.51. The number of ether oxygens (including phenoxy) is 1. The van der Waals surface area contributed by atoms with Gasteiger partial charge in [-0.1, -0.05) is 61.5 Å². The molecule has 8 rings (SSSR count). The molecule has 53 heavy (non-hydrogen) atoms. The molecule has 4 aromatic carbocycles. The van der Waals surface area contributed by atoms with Crippen molar-refractivity contribution in [2.24, 2.45) is 5.41 Å². The number of likely N-dealkylation sites (tertiary alicyclic amines) is 1. The standard InChI is InChI=1S/C44H46N4O5/c1-2-37(30-8-4-3-5-9-30)41(31-10-15-35(49)16-11-31)32-12-17-36(18-13-32)53-23-7-6-22-46-26-44(27-46)28-47(29-44)34-14-19-38-33(24-34)25-48(43(38)52)39-20-21-40(50)45-42(39)51/h3-5,8-19,24,39,49H,2,6-7,20-23,25-29H2,1H3,(H,45,50,51). The van der Waals surface area contributed by atoms with Crippen molar-refractivity contribution in [3.63, 3.8) is 0 Å². The van der Waals surface area contributed by atoms with E-state index in [0.717, 1.165) is 85.7 Å². The predicted molar refractivity (Wildman–Crippen MR) is 205 cm³/mol. The minimum absolute atomic E-state index is 0.128. The minimum Gasteiger partial charge on any atom is -0.508 e. The van der Waals surface area contributed by atoms with Gasteiger partial charge >= 0.3 is 0 Å². The number of hydrogen-bond donors (Lipinski definition) is 2. The number of rotatable bonds is 12. The molecular formula is C44H46N4O5. The van der Waals surface area contributed by atoms with Gasteiger partial charge in [-0.3, -0.25) is 19.7 Å². The lowest BCUT2D eigenvalue weighted by atomic mass is 9.72. The summed E-state index contributed by atoms with van der Waals surface area (Å²) >= 11 is 0. The maximum atomic E-state index is 13.1. The van der Waals surface area contributed by atoms with Crippen LogP contribution in [0.1, 0.15) is 71.6 Å². The van der Waals surface area contributed by atoms with Crippen molar-refractivity contribution in [2.75, 3.05) is 44.2 Å². The summed E-state index contributed by atoms with van der Waals surface area (Å²) < 4.78 is 6.16. The summed E-state index contributed by atoms with van der Waals surface area (Å²) in [4.78, 5) is 43.6. The molecule has 4 aromatic rings. The summed E-state index contributed by atoms with van der Waals surface area (Å²) in [5.74, 6) is 0.352. The molecular weight excluding hydrogens is 665 g/mol. The second-order valence-corrected chi connectivity index (χ2v) is 15.0. The molecule has 0 radical (unpaired) electrons. The number of allylic oxidation sites excluding steroid dienone is 1. The molecule has 3 amide bonds. The van der Waals surface area contributed by atoms with Crippen LogP contribution in [-0.2, 0) is 16.1 Å². The van der Waals surface area contributed by atoms with Crippen molar-refractivity contribution in [3.05, 3.63) is 125 Å².